The van der Waals surface area contributed by atoms with Crippen LogP contribution in [0.3, 0.4) is 0 Å². The van der Waals surface area contributed by atoms with Gasteiger partial charge in [0.2, 0.25) is 10.0 Å². The van der Waals surface area contributed by atoms with Gasteiger partial charge < -0.3 is 10.2 Å². The van der Waals surface area contributed by atoms with Crippen LogP contribution in [0.25, 0.3) is 0 Å². The first-order chi connectivity index (χ1) is 8.53. The molecule has 1 heterocycles. The SMILES string of the molecule is CCNCCCS(=O)(=O)NCC1CCCN(C)C1. The van der Waals surface area contributed by atoms with E-state index < -0.39 is 10.0 Å². The number of likely N-dealkylation sites (tertiary alicyclic amines) is 1. The minimum absolute atomic E-state index is 0.225. The summed E-state index contributed by atoms with van der Waals surface area (Å²) < 4.78 is 26.3. The van der Waals surface area contributed by atoms with Crippen LogP contribution in [-0.2, 0) is 10.0 Å². The number of nitrogens with zero attached hydrogens (tertiary/aromatic N) is 1. The molecular formula is C12H27N3O2S. The van der Waals surface area contributed by atoms with Gasteiger partial charge in [0, 0.05) is 13.1 Å². The number of piperidine rings is 1. The highest BCUT2D eigenvalue weighted by molar-refractivity contribution is 7.89. The van der Waals surface area contributed by atoms with Crippen LogP contribution in [0.5, 0.6) is 0 Å². The molecule has 0 bridgehead atoms. The largest absolute Gasteiger partial charge is 0.317 e. The lowest BCUT2D eigenvalue weighted by Gasteiger charge is -2.29. The van der Waals surface area contributed by atoms with Crippen molar-refractivity contribution >= 4 is 10.0 Å². The molecule has 6 heteroatoms. The molecule has 1 aliphatic heterocycles. The molecule has 0 radical (unpaired) electrons. The van der Waals surface area contributed by atoms with Gasteiger partial charge >= 0.3 is 0 Å². The fraction of sp³-hybridized carbons (Fsp3) is 1.00. The van der Waals surface area contributed by atoms with E-state index in [4.69, 9.17) is 0 Å². The lowest BCUT2D eigenvalue weighted by Crippen LogP contribution is -2.39. The molecule has 2 N–H and O–H groups in total. The zero-order chi connectivity index (χ0) is 13.4. The van der Waals surface area contributed by atoms with E-state index in [1.54, 1.807) is 0 Å². The molecule has 0 aliphatic carbocycles. The minimum atomic E-state index is -3.09. The van der Waals surface area contributed by atoms with Crippen molar-refractivity contribution in [3.8, 4) is 0 Å². The fourth-order valence-electron chi connectivity index (χ4n) is 2.32. The smallest absolute Gasteiger partial charge is 0.211 e. The summed E-state index contributed by atoms with van der Waals surface area (Å²) in [5.74, 6) is 0.690. The average Bonchev–Trinajstić information content (AvgIpc) is 2.33. The van der Waals surface area contributed by atoms with Crippen LogP contribution >= 0.6 is 0 Å². The quantitative estimate of drug-likeness (QED) is 0.624. The van der Waals surface area contributed by atoms with Gasteiger partial charge in [-0.25, -0.2) is 13.1 Å². The fourth-order valence-corrected chi connectivity index (χ4v) is 3.48. The van der Waals surface area contributed by atoms with E-state index in [1.165, 1.54) is 6.42 Å². The summed E-state index contributed by atoms with van der Waals surface area (Å²) >= 11 is 0. The van der Waals surface area contributed by atoms with Gasteiger partial charge in [-0.2, -0.15) is 0 Å². The summed E-state index contributed by atoms with van der Waals surface area (Å²) in [4.78, 5) is 2.27. The molecule has 0 aromatic heterocycles. The van der Waals surface area contributed by atoms with Gasteiger partial charge in [0.15, 0.2) is 0 Å². The van der Waals surface area contributed by atoms with Crippen molar-refractivity contribution in [1.82, 2.24) is 14.9 Å². The second-order valence-electron chi connectivity index (χ2n) is 5.14. The van der Waals surface area contributed by atoms with Crippen molar-refractivity contribution in [1.29, 1.82) is 0 Å². The van der Waals surface area contributed by atoms with E-state index in [1.807, 2.05) is 6.92 Å². The molecule has 1 saturated heterocycles. The van der Waals surface area contributed by atoms with Crippen LogP contribution in [0.15, 0.2) is 0 Å². The van der Waals surface area contributed by atoms with Crippen molar-refractivity contribution < 1.29 is 8.42 Å². The highest BCUT2D eigenvalue weighted by Gasteiger charge is 2.19. The number of hydrogen-bond acceptors (Lipinski definition) is 4. The number of hydrogen-bond donors (Lipinski definition) is 2. The summed E-state index contributed by atoms with van der Waals surface area (Å²) in [6.07, 6.45) is 2.97. The molecule has 0 spiro atoms. The second kappa shape index (κ2) is 8.09. The third-order valence-corrected chi connectivity index (χ3v) is 4.76. The van der Waals surface area contributed by atoms with Gasteiger partial charge in [-0.15, -0.1) is 0 Å². The standard InChI is InChI=1S/C12H27N3O2S/c1-3-13-7-5-9-18(16,17)14-10-12-6-4-8-15(2)11-12/h12-14H,3-11H2,1-2H3. The summed E-state index contributed by atoms with van der Waals surface area (Å²) in [6, 6.07) is 0. The molecule has 1 fully saturated rings. The third kappa shape index (κ3) is 6.68. The monoisotopic (exact) mass is 277 g/mol. The van der Waals surface area contributed by atoms with E-state index in [2.05, 4.69) is 22.0 Å². The van der Waals surface area contributed by atoms with E-state index >= 15 is 0 Å². The highest BCUT2D eigenvalue weighted by Crippen LogP contribution is 2.14. The predicted octanol–water partition coefficient (Wildman–Crippen LogP) is 0.247. The maximum absolute atomic E-state index is 11.8. The third-order valence-electron chi connectivity index (χ3n) is 3.33. The first-order valence-corrected chi connectivity index (χ1v) is 8.55. The Morgan fingerprint density at radius 1 is 1.39 bits per heavy atom. The van der Waals surface area contributed by atoms with Crippen LogP contribution in [0, 0.1) is 5.92 Å². The van der Waals surface area contributed by atoms with Crippen molar-refractivity contribution in [2.75, 3.05) is 45.5 Å². The molecule has 5 nitrogen and oxygen atoms in total. The Kier molecular flexibility index (Phi) is 7.14. The molecule has 18 heavy (non-hydrogen) atoms. The molecule has 0 amide bonds. The highest BCUT2D eigenvalue weighted by atomic mass is 32.2. The Hall–Kier alpha value is -0.170. The van der Waals surface area contributed by atoms with Crippen LogP contribution in [-0.4, -0.2) is 58.8 Å². The van der Waals surface area contributed by atoms with Gasteiger partial charge in [-0.05, 0) is 51.9 Å². The first-order valence-electron chi connectivity index (χ1n) is 6.90. The Morgan fingerprint density at radius 2 is 2.17 bits per heavy atom. The number of nitrogens with one attached hydrogen (secondary N) is 2. The molecule has 1 aliphatic rings. The van der Waals surface area contributed by atoms with Crippen LogP contribution in [0.4, 0.5) is 0 Å². The molecule has 0 saturated carbocycles. The van der Waals surface area contributed by atoms with E-state index in [-0.39, 0.29) is 5.75 Å². The van der Waals surface area contributed by atoms with Crippen LogP contribution in [0.2, 0.25) is 0 Å². The zero-order valence-corrected chi connectivity index (χ0v) is 12.4. The summed E-state index contributed by atoms with van der Waals surface area (Å²) in [7, 11) is -0.993. The molecule has 0 aromatic carbocycles. The Balaban J connectivity index is 2.19. The Bertz CT molecular complexity index is 319. The maximum Gasteiger partial charge on any atom is 0.211 e. The van der Waals surface area contributed by atoms with Gasteiger partial charge in [-0.1, -0.05) is 6.92 Å². The average molecular weight is 277 g/mol. The minimum Gasteiger partial charge on any atom is -0.317 e. The second-order valence-corrected chi connectivity index (χ2v) is 7.07. The van der Waals surface area contributed by atoms with E-state index in [0.717, 1.165) is 32.6 Å². The zero-order valence-electron chi connectivity index (χ0n) is 11.6. The van der Waals surface area contributed by atoms with Gasteiger partial charge in [0.25, 0.3) is 0 Å². The number of sulfonamides is 1. The van der Waals surface area contributed by atoms with Gasteiger partial charge in [0.1, 0.15) is 0 Å². The maximum atomic E-state index is 11.8. The molecule has 108 valence electrons. The van der Waals surface area contributed by atoms with Crippen molar-refractivity contribution in [3.63, 3.8) is 0 Å². The molecule has 1 rings (SSSR count). The normalized spacial score (nSPS) is 22.2. The Labute approximate surface area is 111 Å². The van der Waals surface area contributed by atoms with E-state index in [9.17, 15) is 8.42 Å². The van der Waals surface area contributed by atoms with Crippen molar-refractivity contribution in [3.05, 3.63) is 0 Å². The number of rotatable bonds is 8. The first kappa shape index (κ1) is 15.9. The molecule has 0 aromatic rings. The van der Waals surface area contributed by atoms with Crippen LogP contribution in [0.1, 0.15) is 26.2 Å². The van der Waals surface area contributed by atoms with Crippen molar-refractivity contribution in [2.45, 2.75) is 26.2 Å². The molecular weight excluding hydrogens is 250 g/mol. The molecule has 1 unspecified atom stereocenters. The summed E-state index contributed by atoms with van der Waals surface area (Å²) in [5, 5.41) is 3.13. The molecule has 1 atom stereocenters. The summed E-state index contributed by atoms with van der Waals surface area (Å²) in [6.45, 7) is 6.40. The van der Waals surface area contributed by atoms with Gasteiger partial charge in [0.05, 0.1) is 5.75 Å². The van der Waals surface area contributed by atoms with Crippen LogP contribution < -0.4 is 10.0 Å². The lowest BCUT2D eigenvalue weighted by molar-refractivity contribution is 0.211. The lowest BCUT2D eigenvalue weighted by atomic mass is 9.99. The van der Waals surface area contributed by atoms with Crippen molar-refractivity contribution in [2.24, 2.45) is 5.92 Å². The topological polar surface area (TPSA) is 61.4 Å². The van der Waals surface area contributed by atoms with E-state index in [0.29, 0.717) is 18.9 Å². The Morgan fingerprint density at radius 3 is 2.83 bits per heavy atom. The predicted molar refractivity (Wildman–Crippen MR) is 75.2 cm³/mol. The van der Waals surface area contributed by atoms with Gasteiger partial charge in [-0.3, -0.25) is 0 Å². The summed E-state index contributed by atoms with van der Waals surface area (Å²) in [5.41, 5.74) is 0.